The lowest BCUT2D eigenvalue weighted by molar-refractivity contribution is 1.18. The molecular formula is C60H40BN3. The van der Waals surface area contributed by atoms with Gasteiger partial charge in [-0.2, -0.15) is 0 Å². The molecule has 64 heavy (non-hydrogen) atoms. The van der Waals surface area contributed by atoms with Crippen molar-refractivity contribution >= 4 is 79.0 Å². The number of aromatic nitrogens is 1. The highest BCUT2D eigenvalue weighted by Gasteiger charge is 2.43. The van der Waals surface area contributed by atoms with E-state index in [1.165, 1.54) is 94.3 Å². The van der Waals surface area contributed by atoms with Gasteiger partial charge in [-0.15, -0.1) is 0 Å². The molecule has 298 valence electrons. The lowest BCUT2D eigenvalue weighted by atomic mass is 9.33. The van der Waals surface area contributed by atoms with Crippen LogP contribution in [-0.4, -0.2) is 11.3 Å². The van der Waals surface area contributed by atoms with Gasteiger partial charge >= 0.3 is 0 Å². The zero-order valence-corrected chi connectivity index (χ0v) is 35.0. The molecule has 10 aromatic carbocycles. The van der Waals surface area contributed by atoms with E-state index in [4.69, 9.17) is 0 Å². The van der Waals surface area contributed by atoms with Crippen molar-refractivity contribution in [2.45, 2.75) is 0 Å². The molecule has 2 aliphatic heterocycles. The van der Waals surface area contributed by atoms with Gasteiger partial charge in [0.15, 0.2) is 0 Å². The Morgan fingerprint density at radius 3 is 1.38 bits per heavy atom. The normalized spacial score (nSPS) is 12.6. The Morgan fingerprint density at radius 2 is 0.766 bits per heavy atom. The zero-order valence-electron chi connectivity index (χ0n) is 35.0. The van der Waals surface area contributed by atoms with E-state index in [0.717, 1.165) is 17.1 Å². The lowest BCUT2D eigenvalue weighted by Gasteiger charge is -2.44. The number of rotatable bonds is 6. The fourth-order valence-electron chi connectivity index (χ4n) is 10.6. The van der Waals surface area contributed by atoms with E-state index in [0.29, 0.717) is 0 Å². The summed E-state index contributed by atoms with van der Waals surface area (Å²) in [5, 5.41) is 2.48. The second kappa shape index (κ2) is 14.6. The minimum absolute atomic E-state index is 0.0516. The maximum absolute atomic E-state index is 2.51. The van der Waals surface area contributed by atoms with Crippen LogP contribution in [0.5, 0.6) is 0 Å². The molecular weight excluding hydrogens is 773 g/mol. The van der Waals surface area contributed by atoms with Crippen molar-refractivity contribution in [3.05, 3.63) is 243 Å². The number of hydrogen-bond acceptors (Lipinski definition) is 2. The third kappa shape index (κ3) is 5.63. The maximum Gasteiger partial charge on any atom is 0.252 e. The summed E-state index contributed by atoms with van der Waals surface area (Å²) in [7, 11) is 0. The standard InChI is InChI=1S/C60H40BN3/c1-5-17-41(18-6-1)44-33-37-54-50(39-44)51-40-45(42-19-7-2-8-20-42)34-38-55(51)62(54)48-35-31-43(32-36-48)49-25-15-27-53-60(49)64(47-23-11-4-12-24-47)58-30-16-29-57-59(58)61(53)52-26-13-14-28-56(52)63(57)46-21-9-3-10-22-46/h1-40H. The summed E-state index contributed by atoms with van der Waals surface area (Å²) in [6.45, 7) is 0.0516. The van der Waals surface area contributed by atoms with Gasteiger partial charge in [-0.3, -0.25) is 0 Å². The Balaban J connectivity index is 0.988. The predicted molar refractivity (Wildman–Crippen MR) is 271 cm³/mol. The first-order valence-corrected chi connectivity index (χ1v) is 22.1. The van der Waals surface area contributed by atoms with E-state index in [1.807, 2.05) is 0 Å². The van der Waals surface area contributed by atoms with Gasteiger partial charge in [0.2, 0.25) is 0 Å². The maximum atomic E-state index is 2.51. The second-order valence-electron chi connectivity index (χ2n) is 16.9. The van der Waals surface area contributed by atoms with Crippen LogP contribution >= 0.6 is 0 Å². The quantitative estimate of drug-likeness (QED) is 0.155. The Labute approximate surface area is 373 Å². The number of hydrogen-bond donors (Lipinski definition) is 0. The van der Waals surface area contributed by atoms with Crippen molar-refractivity contribution in [1.82, 2.24) is 4.57 Å². The van der Waals surface area contributed by atoms with E-state index in [1.54, 1.807) is 0 Å². The summed E-state index contributed by atoms with van der Waals surface area (Å²) in [5.41, 5.74) is 21.8. The Bertz CT molecular complexity index is 3450. The summed E-state index contributed by atoms with van der Waals surface area (Å²) < 4.78 is 2.43. The third-order valence-electron chi connectivity index (χ3n) is 13.4. The molecule has 0 amide bonds. The number of nitrogens with zero attached hydrogens (tertiary/aromatic N) is 3. The van der Waals surface area contributed by atoms with Crippen LogP contribution in [-0.2, 0) is 0 Å². The van der Waals surface area contributed by atoms with Crippen LogP contribution in [0.3, 0.4) is 0 Å². The molecule has 0 bridgehead atoms. The molecule has 0 radical (unpaired) electrons. The summed E-state index contributed by atoms with van der Waals surface area (Å²) >= 11 is 0. The average molecular weight is 814 g/mol. The summed E-state index contributed by atoms with van der Waals surface area (Å²) in [6, 6.07) is 88.9. The van der Waals surface area contributed by atoms with Crippen molar-refractivity contribution < 1.29 is 0 Å². The van der Waals surface area contributed by atoms with E-state index in [-0.39, 0.29) is 6.71 Å². The van der Waals surface area contributed by atoms with Crippen LogP contribution in [0.1, 0.15) is 0 Å². The minimum atomic E-state index is 0.0516. The molecule has 0 aliphatic carbocycles. The molecule has 4 heteroatoms. The Hall–Kier alpha value is -8.34. The van der Waals surface area contributed by atoms with Gasteiger partial charge in [0.25, 0.3) is 6.71 Å². The van der Waals surface area contributed by atoms with E-state index < -0.39 is 0 Å². The molecule has 0 saturated heterocycles. The van der Waals surface area contributed by atoms with Crippen LogP contribution in [0, 0.1) is 0 Å². The second-order valence-corrected chi connectivity index (χ2v) is 16.9. The van der Waals surface area contributed by atoms with Crippen molar-refractivity contribution in [1.29, 1.82) is 0 Å². The minimum Gasteiger partial charge on any atom is -0.311 e. The molecule has 3 nitrogen and oxygen atoms in total. The highest BCUT2D eigenvalue weighted by Crippen LogP contribution is 2.47. The summed E-state index contributed by atoms with van der Waals surface area (Å²) in [6.07, 6.45) is 0. The number of benzene rings is 10. The molecule has 13 rings (SSSR count). The molecule has 0 spiro atoms. The van der Waals surface area contributed by atoms with Crippen LogP contribution < -0.4 is 26.2 Å². The molecule has 11 aromatic rings. The zero-order chi connectivity index (χ0) is 42.1. The van der Waals surface area contributed by atoms with Crippen molar-refractivity contribution in [3.63, 3.8) is 0 Å². The van der Waals surface area contributed by atoms with Crippen LogP contribution in [0.15, 0.2) is 243 Å². The smallest absolute Gasteiger partial charge is 0.252 e. The fourth-order valence-corrected chi connectivity index (χ4v) is 10.6. The van der Waals surface area contributed by atoms with Crippen molar-refractivity contribution in [3.8, 4) is 39.1 Å². The topological polar surface area (TPSA) is 11.4 Å². The van der Waals surface area contributed by atoms with E-state index >= 15 is 0 Å². The van der Waals surface area contributed by atoms with Crippen LogP contribution in [0.2, 0.25) is 0 Å². The molecule has 0 atom stereocenters. The number of fused-ring (bicyclic) bond motifs is 7. The first-order valence-electron chi connectivity index (χ1n) is 22.1. The largest absolute Gasteiger partial charge is 0.311 e. The number of anilines is 6. The van der Waals surface area contributed by atoms with Gasteiger partial charge in [-0.1, -0.05) is 164 Å². The summed E-state index contributed by atoms with van der Waals surface area (Å²) in [5.74, 6) is 0. The van der Waals surface area contributed by atoms with Crippen molar-refractivity contribution in [2.24, 2.45) is 0 Å². The Morgan fingerprint density at radius 1 is 0.297 bits per heavy atom. The molecule has 2 aliphatic rings. The van der Waals surface area contributed by atoms with Gasteiger partial charge in [-0.25, -0.2) is 0 Å². The highest BCUT2D eigenvalue weighted by atomic mass is 15.2. The molecule has 0 fully saturated rings. The molecule has 1 aromatic heterocycles. The SMILES string of the molecule is c1ccc(-c2ccc3c(c2)c2cc(-c4ccccc4)ccc2n3-c2ccc(-c3cccc4c3N(c3ccccc3)c3cccc5c3B4c3ccccc3N5c3ccccc3)cc2)cc1. The lowest BCUT2D eigenvalue weighted by Crippen LogP contribution is -2.61. The Kier molecular flexibility index (Phi) is 8.32. The fraction of sp³-hybridized carbons (Fsp3) is 0. The van der Waals surface area contributed by atoms with E-state index in [9.17, 15) is 0 Å². The average Bonchev–Trinajstić information content (AvgIpc) is 3.70. The first-order chi connectivity index (χ1) is 31.8. The van der Waals surface area contributed by atoms with Gasteiger partial charge in [0.1, 0.15) is 0 Å². The third-order valence-corrected chi connectivity index (χ3v) is 13.4. The van der Waals surface area contributed by atoms with Gasteiger partial charge in [0.05, 0.1) is 11.0 Å². The van der Waals surface area contributed by atoms with Gasteiger partial charge in [0, 0.05) is 56.1 Å². The molecule has 0 unspecified atom stereocenters. The predicted octanol–water partition coefficient (Wildman–Crippen LogP) is 13.9. The molecule has 3 heterocycles. The highest BCUT2D eigenvalue weighted by molar-refractivity contribution is 7.00. The summed E-state index contributed by atoms with van der Waals surface area (Å²) in [4.78, 5) is 4.95. The van der Waals surface area contributed by atoms with Crippen LogP contribution in [0.4, 0.5) is 34.1 Å². The van der Waals surface area contributed by atoms with Crippen LogP contribution in [0.25, 0.3) is 60.9 Å². The first kappa shape index (κ1) is 36.3. The van der Waals surface area contributed by atoms with E-state index in [2.05, 4.69) is 257 Å². The molecule has 0 saturated carbocycles. The monoisotopic (exact) mass is 813 g/mol. The molecule has 0 N–H and O–H groups in total. The van der Waals surface area contributed by atoms with Gasteiger partial charge in [-0.05, 0) is 123 Å². The van der Waals surface area contributed by atoms with Gasteiger partial charge < -0.3 is 14.4 Å². The van der Waals surface area contributed by atoms with Crippen molar-refractivity contribution in [2.75, 3.05) is 9.80 Å². The number of para-hydroxylation sites is 4.